The van der Waals surface area contributed by atoms with Gasteiger partial charge in [-0.2, -0.15) is 13.2 Å². The summed E-state index contributed by atoms with van der Waals surface area (Å²) in [5.41, 5.74) is -3.49. The Hall–Kier alpha value is -4.65. The molecule has 0 spiro atoms. The summed E-state index contributed by atoms with van der Waals surface area (Å²) in [5.74, 6) is -3.21. The molecular formula is C46H62F4N6O8S. The molecule has 2 saturated carbocycles. The predicted molar refractivity (Wildman–Crippen MR) is 239 cm³/mol. The zero-order valence-corrected chi connectivity index (χ0v) is 39.0. The van der Waals surface area contributed by atoms with Crippen molar-refractivity contribution in [1.29, 1.82) is 0 Å². The number of methoxy groups -OCH3 is 1. The number of amides is 4. The van der Waals surface area contributed by atoms with Crippen LogP contribution in [-0.4, -0.2) is 119 Å². The zero-order valence-electron chi connectivity index (χ0n) is 38.1. The fourth-order valence-corrected chi connectivity index (χ4v) is 11.1. The Labute approximate surface area is 379 Å². The summed E-state index contributed by atoms with van der Waals surface area (Å²) in [6, 6.07) is 0.161. The van der Waals surface area contributed by atoms with Gasteiger partial charge in [-0.05, 0) is 95.6 Å². The maximum Gasteiger partial charge on any atom is 0.427 e. The van der Waals surface area contributed by atoms with Crippen molar-refractivity contribution in [2.24, 2.45) is 17.8 Å². The maximum absolute atomic E-state index is 15.5. The van der Waals surface area contributed by atoms with Crippen molar-refractivity contribution in [3.63, 3.8) is 0 Å². The van der Waals surface area contributed by atoms with Crippen LogP contribution in [0.5, 0.6) is 11.6 Å². The number of ether oxygens (including phenoxy) is 4. The molecule has 7 rings (SSSR count). The molecule has 5 aliphatic rings. The molecule has 4 fully saturated rings. The number of carbonyl (C=O) groups is 4. The Balaban J connectivity index is 1.26. The Bertz CT molecular complexity index is 2210. The van der Waals surface area contributed by atoms with Crippen LogP contribution in [0.25, 0.3) is 10.8 Å². The number of halogens is 4. The molecule has 1 aromatic carbocycles. The van der Waals surface area contributed by atoms with Crippen LogP contribution in [0.1, 0.15) is 92.9 Å². The number of fused-ring (bicyclic) bond motifs is 3. The summed E-state index contributed by atoms with van der Waals surface area (Å²) in [5, 5.41) is 8.43. The number of pyridine rings is 1. The lowest BCUT2D eigenvalue weighted by molar-refractivity contribution is -0.244. The molecule has 19 heteroatoms. The second-order valence-electron chi connectivity index (χ2n) is 18.8. The summed E-state index contributed by atoms with van der Waals surface area (Å²) in [4.78, 5) is 65.8. The molecule has 8 atom stereocenters. The molecule has 4 heterocycles. The van der Waals surface area contributed by atoms with Crippen molar-refractivity contribution in [2.45, 2.75) is 133 Å². The van der Waals surface area contributed by atoms with E-state index < -0.39 is 75.8 Å². The Morgan fingerprint density at radius 1 is 1.12 bits per heavy atom. The molecular weight excluding hydrogens is 873 g/mol. The Morgan fingerprint density at radius 2 is 1.85 bits per heavy atom. The molecule has 14 nitrogen and oxygen atoms in total. The van der Waals surface area contributed by atoms with E-state index in [1.165, 1.54) is 18.1 Å². The molecule has 0 bridgehead atoms. The lowest BCUT2D eigenvalue weighted by Crippen LogP contribution is -2.59. The molecule has 3 N–H and O–H groups in total. The average molecular weight is 935 g/mol. The number of benzene rings is 1. The van der Waals surface area contributed by atoms with Gasteiger partial charge in [0.1, 0.15) is 23.7 Å². The van der Waals surface area contributed by atoms with Crippen LogP contribution >= 0.6 is 10.7 Å². The second kappa shape index (κ2) is 18.9. The first-order valence-electron chi connectivity index (χ1n) is 22.6. The van der Waals surface area contributed by atoms with E-state index in [4.69, 9.17) is 18.9 Å². The first kappa shape index (κ1) is 48.3. The van der Waals surface area contributed by atoms with Gasteiger partial charge in [-0.3, -0.25) is 14.4 Å². The standard InChI is InChI=1S/C46H62F4N6O8S/c1-8-28-20-27(3)12-10-11-13-29-24-45(29,41(59)54-65(9-2)44(6)14-15-44)53-38(57)34-21-30(26-56(34)40(58)37(28)52-42(60)64-43(4,5)46(48,49)50)63-39-32-22-33(47)36(61-7)23-31(32)35(25-51-39)55-16-18-62-19-17-55/h9,11,13,22-23,25,27-30,34,37H,8,10,12,14-21,24,26H2,1-7H3,(H,52,60)(H,53,57)(H,54,59)/b13-11-/t27-,28-,29-,30-,34+,37+,45-,65?/m1/s1. The van der Waals surface area contributed by atoms with Crippen molar-refractivity contribution in [3.8, 4) is 11.6 Å². The lowest BCUT2D eigenvalue weighted by Gasteiger charge is -2.35. The lowest BCUT2D eigenvalue weighted by atomic mass is 9.85. The molecule has 4 amide bonds. The molecule has 65 heavy (non-hydrogen) atoms. The number of nitrogens with zero attached hydrogens (tertiary/aromatic N) is 3. The normalized spacial score (nSPS) is 29.3. The minimum absolute atomic E-state index is 0.00656. The van der Waals surface area contributed by atoms with E-state index in [0.29, 0.717) is 74.9 Å². The fraction of sp³-hybridized carbons (Fsp3) is 0.652. The number of rotatable bonds is 10. The number of carbonyl (C=O) groups excluding carboxylic acids is 4. The third-order valence-electron chi connectivity index (χ3n) is 13.7. The number of alkyl carbamates (subject to hydrolysis) is 1. The number of alkyl halides is 3. The third kappa shape index (κ3) is 10.2. The van der Waals surface area contributed by atoms with Crippen LogP contribution < -0.4 is 29.7 Å². The fourth-order valence-electron chi connectivity index (χ4n) is 9.20. The van der Waals surface area contributed by atoms with Crippen molar-refractivity contribution in [3.05, 3.63) is 36.3 Å². The van der Waals surface area contributed by atoms with Gasteiger partial charge in [0.15, 0.2) is 11.6 Å². The molecule has 0 radical (unpaired) electrons. The number of hydrogen-bond donors (Lipinski definition) is 3. The number of aromatic nitrogens is 1. The monoisotopic (exact) mass is 934 g/mol. The van der Waals surface area contributed by atoms with Crippen LogP contribution in [0.2, 0.25) is 0 Å². The van der Waals surface area contributed by atoms with Gasteiger partial charge in [0.2, 0.25) is 23.3 Å². The minimum Gasteiger partial charge on any atom is -0.494 e. The van der Waals surface area contributed by atoms with E-state index in [2.05, 4.69) is 32.2 Å². The summed E-state index contributed by atoms with van der Waals surface area (Å²) in [6.07, 6.45) is 2.54. The first-order valence-corrected chi connectivity index (χ1v) is 23.9. The molecule has 3 aliphatic heterocycles. The van der Waals surface area contributed by atoms with Gasteiger partial charge in [-0.15, -0.1) is 0 Å². The van der Waals surface area contributed by atoms with E-state index in [1.807, 2.05) is 38.3 Å². The topological polar surface area (TPSA) is 161 Å². The SMILES string of the molecule is C/C=S(/NC(=O)[C@@]12C[C@H]1/C=C\CC[C@@H](C)C[C@@H](CC)[C@H](NC(=O)OC(C)(C)C(F)(F)F)C(=O)N1C[C@H](Oc3ncc(N4CCOCC4)c4cc(OC)c(F)cc34)C[C@H]1C(=O)N2)C1(C)CC1. The van der Waals surface area contributed by atoms with Gasteiger partial charge < -0.3 is 44.1 Å². The molecule has 1 unspecified atom stereocenters. The smallest absolute Gasteiger partial charge is 0.427 e. The zero-order chi connectivity index (χ0) is 47.1. The number of nitrogens with one attached hydrogen (secondary N) is 3. The minimum atomic E-state index is -4.91. The summed E-state index contributed by atoms with van der Waals surface area (Å²) < 4.78 is 82.7. The van der Waals surface area contributed by atoms with Gasteiger partial charge in [0, 0.05) is 40.9 Å². The number of hydrogen-bond acceptors (Lipinski definition) is 10. The third-order valence-corrected chi connectivity index (χ3v) is 16.1. The van der Waals surface area contributed by atoms with Crippen LogP contribution in [0.4, 0.5) is 28.0 Å². The Morgan fingerprint density at radius 3 is 2.49 bits per heavy atom. The highest BCUT2D eigenvalue weighted by Gasteiger charge is 2.62. The van der Waals surface area contributed by atoms with E-state index in [-0.39, 0.29) is 47.1 Å². The van der Waals surface area contributed by atoms with Crippen LogP contribution in [0.15, 0.2) is 30.5 Å². The largest absolute Gasteiger partial charge is 0.494 e. The molecule has 2 aliphatic carbocycles. The highest BCUT2D eigenvalue weighted by molar-refractivity contribution is 8.15. The van der Waals surface area contributed by atoms with Crippen molar-refractivity contribution in [1.82, 2.24) is 25.2 Å². The second-order valence-corrected chi connectivity index (χ2v) is 21.2. The molecule has 1 aromatic heterocycles. The van der Waals surface area contributed by atoms with Crippen LogP contribution in [-0.2, 0) is 23.9 Å². The van der Waals surface area contributed by atoms with Crippen LogP contribution in [0, 0.1) is 23.6 Å². The maximum atomic E-state index is 15.5. The quantitative estimate of drug-likeness (QED) is 0.129. The van der Waals surface area contributed by atoms with Crippen molar-refractivity contribution in [2.75, 3.05) is 44.9 Å². The van der Waals surface area contributed by atoms with Gasteiger partial charge in [0.25, 0.3) is 5.91 Å². The Kier molecular flexibility index (Phi) is 14.1. The highest BCUT2D eigenvalue weighted by Crippen LogP contribution is 2.52. The number of anilines is 1. The van der Waals surface area contributed by atoms with Crippen molar-refractivity contribution < 1.29 is 55.7 Å². The number of allylic oxidation sites excluding steroid dienone is 1. The van der Waals surface area contributed by atoms with E-state index >= 15 is 9.18 Å². The van der Waals surface area contributed by atoms with Crippen molar-refractivity contribution >= 4 is 56.3 Å². The molecule has 2 aromatic rings. The first-order chi connectivity index (χ1) is 30.7. The summed E-state index contributed by atoms with van der Waals surface area (Å²) in [6.45, 7) is 11.2. The average Bonchev–Trinajstić information content (AvgIpc) is 4.14. The summed E-state index contributed by atoms with van der Waals surface area (Å²) >= 11 is 0. The predicted octanol–water partition coefficient (Wildman–Crippen LogP) is 6.96. The van der Waals surface area contributed by atoms with E-state index in [1.54, 1.807) is 12.3 Å². The molecule has 2 saturated heterocycles. The molecule has 358 valence electrons. The van der Waals surface area contributed by atoms with Gasteiger partial charge >= 0.3 is 12.3 Å². The summed E-state index contributed by atoms with van der Waals surface area (Å²) in [7, 11) is 0.804. The van der Waals surface area contributed by atoms with Gasteiger partial charge in [-0.1, -0.05) is 43.1 Å². The number of morpholine rings is 1. The van der Waals surface area contributed by atoms with E-state index in [0.717, 1.165) is 26.7 Å². The van der Waals surface area contributed by atoms with Gasteiger partial charge in [0.05, 0.1) is 38.8 Å². The van der Waals surface area contributed by atoms with Gasteiger partial charge in [-0.25, -0.2) is 14.2 Å². The van der Waals surface area contributed by atoms with Crippen LogP contribution in [0.3, 0.4) is 0 Å². The highest BCUT2D eigenvalue weighted by atomic mass is 32.2. The van der Waals surface area contributed by atoms with E-state index in [9.17, 15) is 27.6 Å².